The summed E-state index contributed by atoms with van der Waals surface area (Å²) in [4.78, 5) is 8.12. The summed E-state index contributed by atoms with van der Waals surface area (Å²) >= 11 is 0. The summed E-state index contributed by atoms with van der Waals surface area (Å²) in [6.45, 7) is 0.292. The molecular weight excluding hydrogens is 152 g/mol. The molecule has 1 heterocycles. The normalized spacial score (nSPS) is 10.1. The number of hydrogen-bond acceptors (Lipinski definition) is 3. The molecule has 3 nitrogen and oxygen atoms in total. The third-order valence-electron chi connectivity index (χ3n) is 1.71. The zero-order valence-corrected chi connectivity index (χ0v) is 7.11. The summed E-state index contributed by atoms with van der Waals surface area (Å²) in [6, 6.07) is 0. The summed E-state index contributed by atoms with van der Waals surface area (Å²) in [5.74, 6) is 0. The lowest BCUT2D eigenvalue weighted by Crippen LogP contribution is -1.91. The van der Waals surface area contributed by atoms with E-state index < -0.39 is 0 Å². The second kappa shape index (κ2) is 5.66. The van der Waals surface area contributed by atoms with Gasteiger partial charge in [0.2, 0.25) is 0 Å². The Bertz CT molecular complexity index is 201. The third kappa shape index (κ3) is 3.44. The van der Waals surface area contributed by atoms with Crippen LogP contribution in [-0.4, -0.2) is 21.7 Å². The molecule has 0 saturated carbocycles. The van der Waals surface area contributed by atoms with E-state index in [1.165, 1.54) is 0 Å². The van der Waals surface area contributed by atoms with Crippen molar-refractivity contribution in [1.82, 2.24) is 9.97 Å². The molecule has 1 rings (SSSR count). The minimum atomic E-state index is 0.292. The molecule has 0 saturated heterocycles. The van der Waals surface area contributed by atoms with E-state index in [4.69, 9.17) is 5.11 Å². The molecule has 0 fully saturated rings. The Balaban J connectivity index is 2.16. The van der Waals surface area contributed by atoms with Crippen LogP contribution in [0.5, 0.6) is 0 Å². The van der Waals surface area contributed by atoms with Gasteiger partial charge in [-0.3, -0.25) is 9.97 Å². The predicted molar refractivity (Wildman–Crippen MR) is 46.7 cm³/mol. The van der Waals surface area contributed by atoms with Crippen LogP contribution in [0.3, 0.4) is 0 Å². The number of aromatic nitrogens is 2. The molecule has 1 aromatic heterocycles. The van der Waals surface area contributed by atoms with Gasteiger partial charge in [0, 0.05) is 25.2 Å². The van der Waals surface area contributed by atoms with Crippen molar-refractivity contribution in [2.24, 2.45) is 0 Å². The average Bonchev–Trinajstić information content (AvgIpc) is 2.14. The maximum Gasteiger partial charge on any atom is 0.0586 e. The second-order valence-corrected chi connectivity index (χ2v) is 2.73. The summed E-state index contributed by atoms with van der Waals surface area (Å²) in [6.07, 6.45) is 9.18. The molecule has 0 unspecified atom stereocenters. The van der Waals surface area contributed by atoms with E-state index in [2.05, 4.69) is 9.97 Å². The fourth-order valence-corrected chi connectivity index (χ4v) is 1.05. The summed E-state index contributed by atoms with van der Waals surface area (Å²) < 4.78 is 0. The van der Waals surface area contributed by atoms with Crippen LogP contribution >= 0.6 is 0 Å². The minimum Gasteiger partial charge on any atom is -0.396 e. The van der Waals surface area contributed by atoms with Crippen molar-refractivity contribution in [2.45, 2.75) is 25.7 Å². The van der Waals surface area contributed by atoms with E-state index in [1.54, 1.807) is 18.6 Å². The lowest BCUT2D eigenvalue weighted by Gasteiger charge is -1.97. The lowest BCUT2D eigenvalue weighted by molar-refractivity contribution is 0.283. The van der Waals surface area contributed by atoms with Gasteiger partial charge in [-0.25, -0.2) is 0 Å². The Kier molecular flexibility index (Phi) is 4.31. The molecule has 0 aliphatic carbocycles. The summed E-state index contributed by atoms with van der Waals surface area (Å²) in [5.41, 5.74) is 1.04. The van der Waals surface area contributed by atoms with Crippen LogP contribution in [-0.2, 0) is 6.42 Å². The van der Waals surface area contributed by atoms with Crippen molar-refractivity contribution in [3.63, 3.8) is 0 Å². The van der Waals surface area contributed by atoms with Gasteiger partial charge in [-0.1, -0.05) is 6.42 Å². The first kappa shape index (κ1) is 9.13. The first-order valence-corrected chi connectivity index (χ1v) is 4.29. The molecule has 1 aromatic rings. The monoisotopic (exact) mass is 166 g/mol. The highest BCUT2D eigenvalue weighted by atomic mass is 16.2. The molecule has 0 atom stereocenters. The number of aliphatic hydroxyl groups is 1. The van der Waals surface area contributed by atoms with E-state index in [0.717, 1.165) is 31.4 Å². The van der Waals surface area contributed by atoms with Crippen molar-refractivity contribution in [3.8, 4) is 0 Å². The largest absolute Gasteiger partial charge is 0.396 e. The van der Waals surface area contributed by atoms with Crippen LogP contribution in [0.4, 0.5) is 0 Å². The molecule has 0 aromatic carbocycles. The highest BCUT2D eigenvalue weighted by molar-refractivity contribution is 4.94. The Hall–Kier alpha value is -0.960. The smallest absolute Gasteiger partial charge is 0.0586 e. The Morgan fingerprint density at radius 2 is 2.08 bits per heavy atom. The SMILES string of the molecule is OCCCCCc1cnccn1. The highest BCUT2D eigenvalue weighted by Crippen LogP contribution is 2.01. The number of hydrogen-bond donors (Lipinski definition) is 1. The summed E-state index contributed by atoms with van der Waals surface area (Å²) in [5, 5.41) is 8.54. The molecule has 0 radical (unpaired) electrons. The number of aliphatic hydroxyl groups excluding tert-OH is 1. The van der Waals surface area contributed by atoms with E-state index >= 15 is 0 Å². The molecule has 0 spiro atoms. The first-order chi connectivity index (χ1) is 5.93. The zero-order valence-electron chi connectivity index (χ0n) is 7.11. The molecule has 0 amide bonds. The van der Waals surface area contributed by atoms with Crippen LogP contribution in [0.1, 0.15) is 25.0 Å². The molecule has 0 aliphatic rings. The Labute approximate surface area is 72.5 Å². The van der Waals surface area contributed by atoms with Gasteiger partial charge >= 0.3 is 0 Å². The van der Waals surface area contributed by atoms with Crippen molar-refractivity contribution < 1.29 is 5.11 Å². The standard InChI is InChI=1S/C9H14N2O/c12-7-3-1-2-4-9-8-10-5-6-11-9/h5-6,8,12H,1-4,7H2. The van der Waals surface area contributed by atoms with Crippen molar-refractivity contribution in [1.29, 1.82) is 0 Å². The third-order valence-corrected chi connectivity index (χ3v) is 1.71. The molecule has 0 aliphatic heterocycles. The van der Waals surface area contributed by atoms with Gasteiger partial charge in [0.05, 0.1) is 5.69 Å². The predicted octanol–water partition coefficient (Wildman–Crippen LogP) is 1.18. The van der Waals surface area contributed by atoms with Gasteiger partial charge in [-0.2, -0.15) is 0 Å². The molecular formula is C9H14N2O. The number of nitrogens with zero attached hydrogens (tertiary/aromatic N) is 2. The Morgan fingerprint density at radius 1 is 1.17 bits per heavy atom. The van der Waals surface area contributed by atoms with Crippen molar-refractivity contribution >= 4 is 0 Å². The van der Waals surface area contributed by atoms with Gasteiger partial charge in [-0.05, 0) is 19.3 Å². The van der Waals surface area contributed by atoms with E-state index in [-0.39, 0.29) is 0 Å². The molecule has 3 heteroatoms. The summed E-state index contributed by atoms with van der Waals surface area (Å²) in [7, 11) is 0. The van der Waals surface area contributed by atoms with E-state index in [1.807, 2.05) is 0 Å². The molecule has 1 N–H and O–H groups in total. The number of unbranched alkanes of at least 4 members (excludes halogenated alkanes) is 2. The van der Waals surface area contributed by atoms with Crippen LogP contribution in [0.25, 0.3) is 0 Å². The fraction of sp³-hybridized carbons (Fsp3) is 0.556. The molecule has 12 heavy (non-hydrogen) atoms. The number of rotatable bonds is 5. The fourth-order valence-electron chi connectivity index (χ4n) is 1.05. The molecule has 0 bridgehead atoms. The maximum absolute atomic E-state index is 8.54. The maximum atomic E-state index is 8.54. The first-order valence-electron chi connectivity index (χ1n) is 4.29. The topological polar surface area (TPSA) is 46.0 Å². The quantitative estimate of drug-likeness (QED) is 0.668. The van der Waals surface area contributed by atoms with E-state index in [9.17, 15) is 0 Å². The van der Waals surface area contributed by atoms with Gasteiger partial charge in [0.25, 0.3) is 0 Å². The van der Waals surface area contributed by atoms with E-state index in [0.29, 0.717) is 6.61 Å². The van der Waals surface area contributed by atoms with Gasteiger partial charge in [-0.15, -0.1) is 0 Å². The van der Waals surface area contributed by atoms with Crippen LogP contribution in [0.15, 0.2) is 18.6 Å². The van der Waals surface area contributed by atoms with Gasteiger partial charge in [0.15, 0.2) is 0 Å². The van der Waals surface area contributed by atoms with Gasteiger partial charge < -0.3 is 5.11 Å². The highest BCUT2D eigenvalue weighted by Gasteiger charge is 1.92. The average molecular weight is 166 g/mol. The second-order valence-electron chi connectivity index (χ2n) is 2.73. The van der Waals surface area contributed by atoms with Gasteiger partial charge in [0.1, 0.15) is 0 Å². The van der Waals surface area contributed by atoms with Crippen LogP contribution < -0.4 is 0 Å². The molecule has 66 valence electrons. The van der Waals surface area contributed by atoms with Crippen LogP contribution in [0, 0.1) is 0 Å². The zero-order chi connectivity index (χ0) is 8.65. The Morgan fingerprint density at radius 3 is 2.75 bits per heavy atom. The lowest BCUT2D eigenvalue weighted by atomic mass is 10.1. The van der Waals surface area contributed by atoms with Crippen molar-refractivity contribution in [2.75, 3.05) is 6.61 Å². The van der Waals surface area contributed by atoms with Crippen LogP contribution in [0.2, 0.25) is 0 Å². The van der Waals surface area contributed by atoms with Crippen molar-refractivity contribution in [3.05, 3.63) is 24.3 Å². The number of aryl methyl sites for hydroxylation is 1. The minimum absolute atomic E-state index is 0.292.